The molecule has 65 heavy (non-hydrogen) atoms. The largest absolute Gasteiger partial charge is 0.309 e. The fourth-order valence-electron chi connectivity index (χ4n) is 11.6. The normalized spacial score (nSPS) is 14.6. The zero-order valence-corrected chi connectivity index (χ0v) is 38.6. The first-order chi connectivity index (χ1) is 31.7. The van der Waals surface area contributed by atoms with Crippen LogP contribution in [0.15, 0.2) is 218 Å². The summed E-state index contributed by atoms with van der Waals surface area (Å²) in [5.41, 5.74) is 12.8. The number of hydrogen-bond donors (Lipinski definition) is 0. The molecular formula is C62H52N2Si. The summed E-state index contributed by atoms with van der Waals surface area (Å²) in [6.07, 6.45) is 2.39. The molecule has 0 spiro atoms. The summed E-state index contributed by atoms with van der Waals surface area (Å²) < 4.78 is 4.90. The van der Waals surface area contributed by atoms with E-state index in [2.05, 4.69) is 255 Å². The lowest BCUT2D eigenvalue weighted by atomic mass is 9.63. The van der Waals surface area contributed by atoms with Gasteiger partial charge in [0.2, 0.25) is 0 Å². The van der Waals surface area contributed by atoms with E-state index < -0.39 is 8.07 Å². The zero-order chi connectivity index (χ0) is 43.9. The van der Waals surface area contributed by atoms with Gasteiger partial charge >= 0.3 is 0 Å². The van der Waals surface area contributed by atoms with Crippen LogP contribution in [0, 0.1) is 0 Å². The third-order valence-electron chi connectivity index (χ3n) is 15.0. The maximum Gasteiger partial charge on any atom is 0.179 e. The number of hydrogen-bond acceptors (Lipinski definition) is 0. The van der Waals surface area contributed by atoms with Crippen LogP contribution in [0.5, 0.6) is 0 Å². The first kappa shape index (κ1) is 39.4. The van der Waals surface area contributed by atoms with Crippen molar-refractivity contribution in [2.75, 3.05) is 0 Å². The third kappa shape index (κ3) is 6.06. The highest BCUT2D eigenvalue weighted by Gasteiger charge is 2.44. The van der Waals surface area contributed by atoms with Crippen molar-refractivity contribution in [1.29, 1.82) is 0 Å². The van der Waals surface area contributed by atoms with Crippen LogP contribution in [0.3, 0.4) is 0 Å². The lowest BCUT2D eigenvalue weighted by Gasteiger charge is -2.43. The summed E-state index contributed by atoms with van der Waals surface area (Å²) in [6.45, 7) is 9.77. The van der Waals surface area contributed by atoms with E-state index in [9.17, 15) is 0 Å². The van der Waals surface area contributed by atoms with Crippen LogP contribution in [0.2, 0.25) is 0 Å². The van der Waals surface area contributed by atoms with E-state index in [1.165, 1.54) is 105 Å². The SMILES string of the molecule is CC1(C)CCC(C)(C)c2cc([Si](c3ccccc3)(c3ccccc3)c3ccc(-c4cccc5c6ccccc6n(-c6ccc7c(c6)c6ccccc6n7-c6ccccc6)c45)cc3)ccc21. The molecule has 0 unspecified atom stereocenters. The Kier molecular flexibility index (Phi) is 9.05. The summed E-state index contributed by atoms with van der Waals surface area (Å²) in [7, 11) is -2.81. The first-order valence-corrected chi connectivity index (χ1v) is 25.2. The van der Waals surface area contributed by atoms with Gasteiger partial charge in [-0.1, -0.05) is 204 Å². The topological polar surface area (TPSA) is 9.86 Å². The van der Waals surface area contributed by atoms with Crippen LogP contribution < -0.4 is 20.7 Å². The van der Waals surface area contributed by atoms with Crippen LogP contribution >= 0.6 is 0 Å². The molecule has 2 nitrogen and oxygen atoms in total. The average molecular weight is 853 g/mol. The third-order valence-corrected chi connectivity index (χ3v) is 19.7. The van der Waals surface area contributed by atoms with Crippen LogP contribution in [0.25, 0.3) is 66.1 Å². The summed E-state index contributed by atoms with van der Waals surface area (Å²) >= 11 is 0. The number of rotatable bonds is 7. The molecule has 0 amide bonds. The summed E-state index contributed by atoms with van der Waals surface area (Å²) in [5, 5.41) is 10.6. The highest BCUT2D eigenvalue weighted by molar-refractivity contribution is 7.19. The summed E-state index contributed by atoms with van der Waals surface area (Å²) in [6, 6.07) is 82.5. The van der Waals surface area contributed by atoms with Crippen molar-refractivity contribution in [2.24, 2.45) is 0 Å². The van der Waals surface area contributed by atoms with Crippen molar-refractivity contribution in [3.8, 4) is 22.5 Å². The highest BCUT2D eigenvalue weighted by Crippen LogP contribution is 2.46. The highest BCUT2D eigenvalue weighted by atomic mass is 28.3. The Hall–Kier alpha value is -7.20. The Morgan fingerprint density at radius 3 is 1.52 bits per heavy atom. The van der Waals surface area contributed by atoms with Crippen molar-refractivity contribution < 1.29 is 0 Å². The van der Waals surface area contributed by atoms with E-state index in [1.807, 2.05) is 0 Å². The molecule has 0 saturated heterocycles. The number of benzene rings is 9. The molecule has 2 heterocycles. The second kappa shape index (κ2) is 14.9. The molecule has 0 saturated carbocycles. The number of fused-ring (bicyclic) bond motifs is 7. The number of para-hydroxylation sites is 4. The maximum absolute atomic E-state index is 2.81. The monoisotopic (exact) mass is 852 g/mol. The molecule has 3 heteroatoms. The average Bonchev–Trinajstić information content (AvgIpc) is 3.87. The van der Waals surface area contributed by atoms with Gasteiger partial charge in [0, 0.05) is 38.5 Å². The van der Waals surface area contributed by atoms with E-state index >= 15 is 0 Å². The Balaban J connectivity index is 1.07. The molecule has 0 N–H and O–H groups in total. The molecule has 0 aliphatic heterocycles. The molecule has 0 bridgehead atoms. The Morgan fingerprint density at radius 2 is 0.862 bits per heavy atom. The molecule has 11 aromatic rings. The molecular weight excluding hydrogens is 801 g/mol. The minimum atomic E-state index is -2.81. The van der Waals surface area contributed by atoms with E-state index in [0.29, 0.717) is 0 Å². The van der Waals surface area contributed by atoms with E-state index in [0.717, 1.165) is 5.69 Å². The van der Waals surface area contributed by atoms with Gasteiger partial charge < -0.3 is 9.13 Å². The van der Waals surface area contributed by atoms with Crippen LogP contribution in [0.4, 0.5) is 0 Å². The molecule has 1 aliphatic rings. The van der Waals surface area contributed by atoms with Gasteiger partial charge in [0.05, 0.1) is 22.1 Å². The number of nitrogens with zero attached hydrogens (tertiary/aromatic N) is 2. The Labute approximate surface area is 383 Å². The van der Waals surface area contributed by atoms with Gasteiger partial charge in [-0.25, -0.2) is 0 Å². The van der Waals surface area contributed by atoms with Gasteiger partial charge in [-0.05, 0) is 104 Å². The minimum Gasteiger partial charge on any atom is -0.309 e. The van der Waals surface area contributed by atoms with E-state index in [1.54, 1.807) is 0 Å². The van der Waals surface area contributed by atoms with Crippen LogP contribution in [-0.4, -0.2) is 17.2 Å². The summed E-state index contributed by atoms with van der Waals surface area (Å²) in [4.78, 5) is 0. The standard InChI is InChI=1S/C62H52N2Si/c1-61(2)39-40-62(3,4)56-42-49(36-37-55(56)61)65(46-21-10-6-11-22-46,47-23-12-7-13-24-47)48-34-31-43(32-35-48)50-27-18-28-53-51-25-14-17-30-58(51)64(60(50)53)45-33-38-59-54(41-45)52-26-15-16-29-57(52)63(59)44-19-8-5-9-20-44/h5-38,41-42H,39-40H2,1-4H3. The van der Waals surface area contributed by atoms with E-state index in [-0.39, 0.29) is 10.8 Å². The van der Waals surface area contributed by atoms with Crippen LogP contribution in [-0.2, 0) is 10.8 Å². The molecule has 1 aliphatic carbocycles. The van der Waals surface area contributed by atoms with Gasteiger partial charge in [0.1, 0.15) is 0 Å². The maximum atomic E-state index is 2.63. The van der Waals surface area contributed by atoms with E-state index in [4.69, 9.17) is 0 Å². The van der Waals surface area contributed by atoms with Crippen LogP contribution in [0.1, 0.15) is 51.7 Å². The predicted molar refractivity (Wildman–Crippen MR) is 279 cm³/mol. The molecule has 9 aromatic carbocycles. The van der Waals surface area contributed by atoms with Crippen molar-refractivity contribution in [1.82, 2.24) is 9.13 Å². The van der Waals surface area contributed by atoms with Crippen molar-refractivity contribution in [3.63, 3.8) is 0 Å². The fourth-order valence-corrected chi connectivity index (χ4v) is 16.3. The second-order valence-corrected chi connectivity index (χ2v) is 23.3. The van der Waals surface area contributed by atoms with Crippen molar-refractivity contribution in [2.45, 2.75) is 51.4 Å². The van der Waals surface area contributed by atoms with Gasteiger partial charge in [-0.3, -0.25) is 0 Å². The molecule has 2 aromatic heterocycles. The molecule has 0 fully saturated rings. The van der Waals surface area contributed by atoms with Crippen molar-refractivity contribution >= 4 is 72.4 Å². The quantitative estimate of drug-likeness (QED) is 0.112. The lowest BCUT2D eigenvalue weighted by molar-refractivity contribution is 0.332. The minimum absolute atomic E-state index is 0.0961. The van der Waals surface area contributed by atoms with Gasteiger partial charge in [-0.15, -0.1) is 0 Å². The molecule has 314 valence electrons. The smallest absolute Gasteiger partial charge is 0.179 e. The molecule has 0 radical (unpaired) electrons. The Bertz CT molecular complexity index is 3540. The molecule has 12 rings (SSSR count). The Morgan fingerprint density at radius 1 is 0.354 bits per heavy atom. The number of aromatic nitrogens is 2. The zero-order valence-electron chi connectivity index (χ0n) is 37.6. The summed E-state index contributed by atoms with van der Waals surface area (Å²) in [5.74, 6) is 0. The van der Waals surface area contributed by atoms with Gasteiger partial charge in [0.15, 0.2) is 8.07 Å². The lowest BCUT2D eigenvalue weighted by Crippen LogP contribution is -2.74. The van der Waals surface area contributed by atoms with Gasteiger partial charge in [0.25, 0.3) is 0 Å². The van der Waals surface area contributed by atoms with Gasteiger partial charge in [-0.2, -0.15) is 0 Å². The first-order valence-electron chi connectivity index (χ1n) is 23.2. The molecule has 0 atom stereocenters. The van der Waals surface area contributed by atoms with Crippen molar-refractivity contribution in [3.05, 3.63) is 230 Å². The fraction of sp³-hybridized carbons (Fsp3) is 0.129. The second-order valence-electron chi connectivity index (χ2n) is 19.5. The predicted octanol–water partition coefficient (Wildman–Crippen LogP) is 13.3.